The summed E-state index contributed by atoms with van der Waals surface area (Å²) in [6.45, 7) is 1.42. The molecule has 0 saturated carbocycles. The molecule has 1 aromatic rings. The van der Waals surface area contributed by atoms with Crippen molar-refractivity contribution >= 4 is 5.97 Å². The third-order valence-corrected chi connectivity index (χ3v) is 1.88. The highest BCUT2D eigenvalue weighted by molar-refractivity contribution is 5.72. The first-order valence-corrected chi connectivity index (χ1v) is 4.35. The van der Waals surface area contributed by atoms with Crippen molar-refractivity contribution in [2.75, 3.05) is 0 Å². The molecule has 0 fully saturated rings. The van der Waals surface area contributed by atoms with Crippen LogP contribution in [-0.2, 0) is 11.2 Å². The second-order valence-electron chi connectivity index (χ2n) is 3.19. The highest BCUT2D eigenvalue weighted by Gasteiger charge is 2.33. The maximum Gasteiger partial charge on any atom is 0.574 e. The molecule has 2 N–H and O–H groups in total. The molecule has 1 rings (SSSR count). The Morgan fingerprint density at radius 3 is 2.59 bits per heavy atom. The molecule has 0 atom stereocenters. The number of carboxylic acids is 1. The summed E-state index contributed by atoms with van der Waals surface area (Å²) in [7, 11) is 0. The minimum atomic E-state index is -5.00. The average Bonchev–Trinajstić information content (AvgIpc) is 2.15. The molecule has 94 valence electrons. The van der Waals surface area contributed by atoms with Crippen LogP contribution in [-0.4, -0.2) is 27.5 Å². The second kappa shape index (κ2) is 4.48. The standard InChI is InChI=1S/C9H8F3NO4/c1-4-3-13-8(17-9(10,11)12)7(16)5(4)2-6(14)15/h3,16H,2H2,1H3,(H,14,15). The van der Waals surface area contributed by atoms with Gasteiger partial charge in [-0.25, -0.2) is 4.98 Å². The van der Waals surface area contributed by atoms with Crippen LogP contribution in [0.2, 0.25) is 0 Å². The number of ether oxygens (including phenoxy) is 1. The summed E-state index contributed by atoms with van der Waals surface area (Å²) in [6, 6.07) is 0. The van der Waals surface area contributed by atoms with Crippen LogP contribution >= 0.6 is 0 Å². The van der Waals surface area contributed by atoms with Crippen LogP contribution in [0, 0.1) is 6.92 Å². The number of pyridine rings is 1. The topological polar surface area (TPSA) is 79.7 Å². The predicted octanol–water partition coefficient (Wildman–Crippen LogP) is 1.62. The summed E-state index contributed by atoms with van der Waals surface area (Å²) in [4.78, 5) is 13.7. The summed E-state index contributed by atoms with van der Waals surface area (Å²) >= 11 is 0. The van der Waals surface area contributed by atoms with Gasteiger partial charge in [0.1, 0.15) is 0 Å². The fourth-order valence-electron chi connectivity index (χ4n) is 1.17. The molecular weight excluding hydrogens is 243 g/mol. The first kappa shape index (κ1) is 13.1. The van der Waals surface area contributed by atoms with Crippen LogP contribution in [0.25, 0.3) is 0 Å². The molecule has 0 radical (unpaired) electrons. The molecule has 0 amide bonds. The van der Waals surface area contributed by atoms with Gasteiger partial charge in [0.25, 0.3) is 5.88 Å². The zero-order valence-corrected chi connectivity index (χ0v) is 8.58. The minimum Gasteiger partial charge on any atom is -0.503 e. The number of hydrogen-bond donors (Lipinski definition) is 2. The van der Waals surface area contributed by atoms with Gasteiger partial charge in [-0.15, -0.1) is 13.2 Å². The Morgan fingerprint density at radius 1 is 1.53 bits per heavy atom. The number of carbonyl (C=O) groups is 1. The van der Waals surface area contributed by atoms with Gasteiger partial charge in [-0.05, 0) is 12.5 Å². The van der Waals surface area contributed by atoms with Gasteiger partial charge in [-0.3, -0.25) is 4.79 Å². The monoisotopic (exact) mass is 251 g/mol. The van der Waals surface area contributed by atoms with Gasteiger partial charge in [-0.1, -0.05) is 0 Å². The predicted molar refractivity (Wildman–Crippen MR) is 48.7 cm³/mol. The van der Waals surface area contributed by atoms with Crippen molar-refractivity contribution in [3.05, 3.63) is 17.3 Å². The number of aromatic nitrogens is 1. The van der Waals surface area contributed by atoms with Crippen LogP contribution < -0.4 is 4.74 Å². The maximum atomic E-state index is 11.9. The Kier molecular flexibility index (Phi) is 3.45. The third kappa shape index (κ3) is 3.51. The van der Waals surface area contributed by atoms with Crippen molar-refractivity contribution in [2.24, 2.45) is 0 Å². The number of nitrogens with zero attached hydrogens (tertiary/aromatic N) is 1. The number of hydrogen-bond acceptors (Lipinski definition) is 4. The third-order valence-electron chi connectivity index (χ3n) is 1.88. The Labute approximate surface area is 93.5 Å². The fraction of sp³-hybridized carbons (Fsp3) is 0.333. The Morgan fingerprint density at radius 2 is 2.12 bits per heavy atom. The lowest BCUT2D eigenvalue weighted by atomic mass is 10.1. The van der Waals surface area contributed by atoms with Gasteiger partial charge in [0.2, 0.25) is 0 Å². The van der Waals surface area contributed by atoms with E-state index in [2.05, 4.69) is 9.72 Å². The summed E-state index contributed by atoms with van der Waals surface area (Å²) < 4.78 is 39.2. The molecule has 0 aliphatic heterocycles. The number of aliphatic carboxylic acids is 1. The zero-order valence-electron chi connectivity index (χ0n) is 8.58. The number of carboxylic acid groups (broad SMARTS) is 1. The van der Waals surface area contributed by atoms with Gasteiger partial charge in [0, 0.05) is 11.8 Å². The summed E-state index contributed by atoms with van der Waals surface area (Å²) in [6.07, 6.45) is -4.62. The molecular formula is C9H8F3NO4. The summed E-state index contributed by atoms with van der Waals surface area (Å²) in [5.41, 5.74) is 0.103. The quantitative estimate of drug-likeness (QED) is 0.853. The molecule has 0 aromatic carbocycles. The Hall–Kier alpha value is -1.99. The van der Waals surface area contributed by atoms with Crippen LogP contribution in [0.15, 0.2) is 6.20 Å². The molecule has 8 heteroatoms. The Bertz CT molecular complexity index is 445. The summed E-state index contributed by atoms with van der Waals surface area (Å²) in [5.74, 6) is -3.25. The minimum absolute atomic E-state index is 0.160. The van der Waals surface area contributed by atoms with E-state index in [-0.39, 0.29) is 11.1 Å². The first-order valence-electron chi connectivity index (χ1n) is 4.35. The SMILES string of the molecule is Cc1cnc(OC(F)(F)F)c(O)c1CC(=O)O. The molecule has 0 aliphatic carbocycles. The van der Waals surface area contributed by atoms with Crippen molar-refractivity contribution in [2.45, 2.75) is 19.7 Å². The van der Waals surface area contributed by atoms with E-state index < -0.39 is 30.4 Å². The number of rotatable bonds is 3. The van der Waals surface area contributed by atoms with Gasteiger partial charge < -0.3 is 14.9 Å². The molecule has 17 heavy (non-hydrogen) atoms. The van der Waals surface area contributed by atoms with Gasteiger partial charge in [0.15, 0.2) is 5.75 Å². The van der Waals surface area contributed by atoms with Crippen LogP contribution in [0.1, 0.15) is 11.1 Å². The maximum absolute atomic E-state index is 11.9. The average molecular weight is 251 g/mol. The van der Waals surface area contributed by atoms with Crippen molar-refractivity contribution in [3.8, 4) is 11.6 Å². The van der Waals surface area contributed by atoms with E-state index in [0.717, 1.165) is 6.20 Å². The van der Waals surface area contributed by atoms with Crippen molar-refractivity contribution < 1.29 is 32.9 Å². The van der Waals surface area contributed by atoms with Crippen LogP contribution in [0.3, 0.4) is 0 Å². The number of aromatic hydroxyl groups is 1. The van der Waals surface area contributed by atoms with Crippen LogP contribution in [0.4, 0.5) is 13.2 Å². The van der Waals surface area contributed by atoms with Crippen LogP contribution in [0.5, 0.6) is 11.6 Å². The number of halogens is 3. The fourth-order valence-corrected chi connectivity index (χ4v) is 1.17. The van der Waals surface area contributed by atoms with Gasteiger partial charge in [-0.2, -0.15) is 0 Å². The van der Waals surface area contributed by atoms with E-state index in [1.807, 2.05) is 0 Å². The van der Waals surface area contributed by atoms with E-state index in [9.17, 15) is 23.1 Å². The van der Waals surface area contributed by atoms with Crippen molar-refractivity contribution in [3.63, 3.8) is 0 Å². The molecule has 0 saturated heterocycles. The molecule has 1 heterocycles. The molecule has 0 spiro atoms. The van der Waals surface area contributed by atoms with E-state index in [1.165, 1.54) is 6.92 Å². The van der Waals surface area contributed by atoms with Crippen molar-refractivity contribution in [1.82, 2.24) is 4.98 Å². The lowest BCUT2D eigenvalue weighted by molar-refractivity contribution is -0.276. The van der Waals surface area contributed by atoms with E-state index in [0.29, 0.717) is 0 Å². The molecule has 5 nitrogen and oxygen atoms in total. The highest BCUT2D eigenvalue weighted by Crippen LogP contribution is 2.33. The molecule has 0 unspecified atom stereocenters. The van der Waals surface area contributed by atoms with Gasteiger partial charge >= 0.3 is 12.3 Å². The number of alkyl halides is 3. The lowest BCUT2D eigenvalue weighted by Crippen LogP contribution is -2.18. The smallest absolute Gasteiger partial charge is 0.503 e. The first-order chi connectivity index (χ1) is 7.70. The molecule has 0 bridgehead atoms. The molecule has 1 aromatic heterocycles. The number of aryl methyl sites for hydroxylation is 1. The molecule has 0 aliphatic rings. The Balaban J connectivity index is 3.14. The largest absolute Gasteiger partial charge is 0.574 e. The normalized spacial score (nSPS) is 11.3. The lowest BCUT2D eigenvalue weighted by Gasteiger charge is -2.12. The highest BCUT2D eigenvalue weighted by atomic mass is 19.4. The van der Waals surface area contributed by atoms with E-state index >= 15 is 0 Å². The van der Waals surface area contributed by atoms with E-state index in [4.69, 9.17) is 5.11 Å². The van der Waals surface area contributed by atoms with E-state index in [1.54, 1.807) is 0 Å². The van der Waals surface area contributed by atoms with Crippen molar-refractivity contribution in [1.29, 1.82) is 0 Å². The van der Waals surface area contributed by atoms with Gasteiger partial charge in [0.05, 0.1) is 6.42 Å². The zero-order chi connectivity index (χ0) is 13.2. The summed E-state index contributed by atoms with van der Waals surface area (Å²) in [5, 5.41) is 18.0. The second-order valence-corrected chi connectivity index (χ2v) is 3.19.